The van der Waals surface area contributed by atoms with Gasteiger partial charge >= 0.3 is 0 Å². The van der Waals surface area contributed by atoms with Crippen molar-refractivity contribution in [3.8, 4) is 0 Å². The van der Waals surface area contributed by atoms with E-state index in [2.05, 4.69) is 9.80 Å². The molecule has 0 saturated carbocycles. The number of carbonyl (C=O) groups excluding carboxylic acids is 1. The van der Waals surface area contributed by atoms with Crippen molar-refractivity contribution in [2.45, 2.75) is 57.0 Å². The summed E-state index contributed by atoms with van der Waals surface area (Å²) in [5.74, 6) is -0.528. The van der Waals surface area contributed by atoms with Crippen LogP contribution in [0.1, 0.15) is 42.4 Å². The molecule has 2 aromatic rings. The van der Waals surface area contributed by atoms with Crippen molar-refractivity contribution in [2.75, 3.05) is 31.9 Å². The van der Waals surface area contributed by atoms with Crippen LogP contribution in [0.4, 0.5) is 14.5 Å². The molecule has 0 radical (unpaired) electrons. The predicted octanol–water partition coefficient (Wildman–Crippen LogP) is 3.72. The molecule has 0 spiro atoms. The van der Waals surface area contributed by atoms with E-state index in [9.17, 15) is 9.18 Å². The number of anilines is 1. The summed E-state index contributed by atoms with van der Waals surface area (Å²) in [5, 5.41) is 0. The zero-order valence-corrected chi connectivity index (χ0v) is 19.0. The van der Waals surface area contributed by atoms with Crippen LogP contribution in [0.5, 0.6) is 0 Å². The van der Waals surface area contributed by atoms with Gasteiger partial charge < -0.3 is 10.6 Å². The summed E-state index contributed by atoms with van der Waals surface area (Å²) in [7, 11) is 0. The second-order valence-corrected chi connectivity index (χ2v) is 9.83. The molecule has 3 heterocycles. The lowest BCUT2D eigenvalue weighted by atomic mass is 9.90. The maximum Gasteiger partial charge on any atom is 0.260 e. The first-order valence-electron chi connectivity index (χ1n) is 12.0. The van der Waals surface area contributed by atoms with Crippen LogP contribution in [0.2, 0.25) is 0 Å². The largest absolute Gasteiger partial charge is 0.399 e. The van der Waals surface area contributed by atoms with Gasteiger partial charge in [0.05, 0.1) is 0 Å². The molecule has 5 nitrogen and oxygen atoms in total. The van der Waals surface area contributed by atoms with E-state index in [1.165, 1.54) is 11.6 Å². The first-order valence-corrected chi connectivity index (χ1v) is 12.0. The third-order valence-corrected chi connectivity index (χ3v) is 7.57. The van der Waals surface area contributed by atoms with Crippen LogP contribution in [0.3, 0.4) is 0 Å². The van der Waals surface area contributed by atoms with Gasteiger partial charge in [0.1, 0.15) is 5.82 Å². The highest BCUT2D eigenvalue weighted by Gasteiger charge is 2.45. The maximum atomic E-state index is 15.7. The van der Waals surface area contributed by atoms with Crippen LogP contribution in [0.15, 0.2) is 42.5 Å². The normalized spacial score (nSPS) is 21.8. The van der Waals surface area contributed by atoms with Gasteiger partial charge in [-0.1, -0.05) is 18.2 Å². The van der Waals surface area contributed by atoms with Gasteiger partial charge in [0.25, 0.3) is 5.91 Å². The van der Waals surface area contributed by atoms with Crippen LogP contribution in [-0.4, -0.2) is 58.5 Å². The molecule has 3 aliphatic rings. The number of nitrogens with zero attached hydrogens (tertiary/aromatic N) is 3. The zero-order valence-electron chi connectivity index (χ0n) is 19.0. The predicted molar refractivity (Wildman–Crippen MR) is 124 cm³/mol. The van der Waals surface area contributed by atoms with Crippen molar-refractivity contribution >= 4 is 11.6 Å². The zero-order chi connectivity index (χ0) is 23.0. The van der Waals surface area contributed by atoms with E-state index >= 15 is 4.39 Å². The van der Waals surface area contributed by atoms with Crippen LogP contribution < -0.4 is 5.73 Å². The molecule has 5 rings (SSSR count). The van der Waals surface area contributed by atoms with Crippen LogP contribution >= 0.6 is 0 Å². The minimum Gasteiger partial charge on any atom is -0.399 e. The topological polar surface area (TPSA) is 52.8 Å². The molecule has 0 aliphatic carbocycles. The highest BCUT2D eigenvalue weighted by atomic mass is 19.1. The van der Waals surface area contributed by atoms with Gasteiger partial charge in [-0.25, -0.2) is 8.78 Å². The molecule has 1 amide bonds. The summed E-state index contributed by atoms with van der Waals surface area (Å²) in [6, 6.07) is 13.1. The number of halogens is 2. The molecule has 0 aromatic heterocycles. The number of amides is 1. The van der Waals surface area contributed by atoms with Crippen molar-refractivity contribution in [2.24, 2.45) is 0 Å². The van der Waals surface area contributed by atoms with Crippen molar-refractivity contribution in [3.63, 3.8) is 0 Å². The van der Waals surface area contributed by atoms with Gasteiger partial charge in [0, 0.05) is 70.4 Å². The lowest BCUT2D eigenvalue weighted by molar-refractivity contribution is -0.149. The van der Waals surface area contributed by atoms with E-state index in [-0.39, 0.29) is 24.6 Å². The number of hydrogen-bond donors (Lipinski definition) is 1. The van der Waals surface area contributed by atoms with Crippen molar-refractivity contribution in [1.29, 1.82) is 0 Å². The molecule has 33 heavy (non-hydrogen) atoms. The number of hydrogen-bond acceptors (Lipinski definition) is 4. The minimum atomic E-state index is -1.76. The van der Waals surface area contributed by atoms with Crippen LogP contribution in [0.25, 0.3) is 0 Å². The molecule has 2 saturated heterocycles. The van der Waals surface area contributed by atoms with E-state index in [1.807, 2.05) is 30.3 Å². The van der Waals surface area contributed by atoms with E-state index in [1.54, 1.807) is 11.0 Å². The molecule has 176 valence electrons. The maximum absolute atomic E-state index is 15.7. The van der Waals surface area contributed by atoms with E-state index < -0.39 is 5.67 Å². The Morgan fingerprint density at radius 3 is 2.45 bits per heavy atom. The Morgan fingerprint density at radius 1 is 1.00 bits per heavy atom. The average Bonchev–Trinajstić information content (AvgIpc) is 3.24. The Balaban J connectivity index is 1.11. The summed E-state index contributed by atoms with van der Waals surface area (Å²) in [6.45, 7) is 4.60. The number of alkyl halides is 1. The number of likely N-dealkylation sites (tertiary alicyclic amines) is 2. The molecule has 0 atom stereocenters. The van der Waals surface area contributed by atoms with Crippen molar-refractivity contribution < 1.29 is 13.6 Å². The molecule has 7 heteroatoms. The molecule has 2 aromatic carbocycles. The standard InChI is InChI=1S/C26H32F2N4O/c27-22-5-4-20-17-32(18-21(20)15-22)24-6-10-31(11-7-24)25(33)26(28)8-12-30(13-9-26)16-19-2-1-3-23(29)14-19/h1-5,14-15,24H,6-13,16-18,29H2. The molecule has 0 unspecified atom stereocenters. The van der Waals surface area contributed by atoms with E-state index in [4.69, 9.17) is 5.73 Å². The first kappa shape index (κ1) is 22.3. The molecule has 0 bridgehead atoms. The number of rotatable bonds is 4. The Labute approximate surface area is 194 Å². The SMILES string of the molecule is Nc1cccc(CN2CCC(F)(C(=O)N3CCC(N4Cc5ccc(F)cc5C4)CC3)CC2)c1. The Morgan fingerprint density at radius 2 is 1.73 bits per heavy atom. The molecule has 2 fully saturated rings. The lowest BCUT2D eigenvalue weighted by Crippen LogP contribution is -2.55. The van der Waals surface area contributed by atoms with Crippen LogP contribution in [0, 0.1) is 5.82 Å². The Bertz CT molecular complexity index is 1010. The second kappa shape index (κ2) is 9.03. The van der Waals surface area contributed by atoms with Crippen molar-refractivity contribution in [3.05, 3.63) is 65.0 Å². The fraction of sp³-hybridized carbons (Fsp3) is 0.500. The molecule has 3 aliphatic heterocycles. The Kier molecular flexibility index (Phi) is 6.10. The summed E-state index contributed by atoms with van der Waals surface area (Å²) in [5.41, 5.74) is 8.18. The summed E-state index contributed by atoms with van der Waals surface area (Å²) in [6.07, 6.45) is 2.14. The number of nitrogen functional groups attached to an aromatic ring is 1. The minimum absolute atomic E-state index is 0.191. The third kappa shape index (κ3) is 4.75. The second-order valence-electron chi connectivity index (χ2n) is 9.83. The van der Waals surface area contributed by atoms with Gasteiger partial charge in [0.15, 0.2) is 5.67 Å². The number of benzene rings is 2. The number of fused-ring (bicyclic) bond motifs is 1. The highest BCUT2D eigenvalue weighted by Crippen LogP contribution is 2.33. The molecular weight excluding hydrogens is 422 g/mol. The smallest absolute Gasteiger partial charge is 0.260 e. The van der Waals surface area contributed by atoms with E-state index in [0.29, 0.717) is 32.2 Å². The molecule has 2 N–H and O–H groups in total. The first-order chi connectivity index (χ1) is 15.9. The monoisotopic (exact) mass is 454 g/mol. The fourth-order valence-electron chi connectivity index (χ4n) is 5.59. The van der Waals surface area contributed by atoms with Crippen LogP contribution in [-0.2, 0) is 24.4 Å². The Hall–Kier alpha value is -2.51. The quantitative estimate of drug-likeness (QED) is 0.716. The number of carbonyl (C=O) groups is 1. The van der Waals surface area contributed by atoms with Gasteiger partial charge in [0.2, 0.25) is 0 Å². The van der Waals surface area contributed by atoms with Gasteiger partial charge in [-0.3, -0.25) is 14.6 Å². The summed E-state index contributed by atoms with van der Waals surface area (Å²) >= 11 is 0. The summed E-state index contributed by atoms with van der Waals surface area (Å²) < 4.78 is 29.2. The average molecular weight is 455 g/mol. The lowest BCUT2D eigenvalue weighted by Gasteiger charge is -2.41. The van der Waals surface area contributed by atoms with Crippen molar-refractivity contribution in [1.82, 2.24) is 14.7 Å². The fourth-order valence-corrected chi connectivity index (χ4v) is 5.59. The van der Waals surface area contributed by atoms with Gasteiger partial charge in [-0.2, -0.15) is 0 Å². The summed E-state index contributed by atoms with van der Waals surface area (Å²) in [4.78, 5) is 19.4. The number of nitrogens with two attached hydrogens (primary N) is 1. The van der Waals surface area contributed by atoms with E-state index in [0.717, 1.165) is 49.3 Å². The molecular formula is C26H32F2N4O. The third-order valence-electron chi connectivity index (χ3n) is 7.57. The van der Waals surface area contributed by atoms with Gasteiger partial charge in [-0.15, -0.1) is 0 Å². The number of piperidine rings is 2. The highest BCUT2D eigenvalue weighted by molar-refractivity contribution is 5.85. The van der Waals surface area contributed by atoms with Gasteiger partial charge in [-0.05, 0) is 53.8 Å².